The van der Waals surface area contributed by atoms with Crippen LogP contribution in [0.5, 0.6) is 0 Å². The van der Waals surface area contributed by atoms with Crippen molar-refractivity contribution in [1.82, 2.24) is 9.78 Å². The number of benzene rings is 1. The van der Waals surface area contributed by atoms with Gasteiger partial charge in [-0.15, -0.1) is 0 Å². The summed E-state index contributed by atoms with van der Waals surface area (Å²) in [7, 11) is 0. The zero-order valence-electron chi connectivity index (χ0n) is 16.7. The standard InChI is InChI=1S/C21H24ClN3O4/c1-4-5-12-25-21(22)18(14(2)24-25)10-11-20(28)29-13-19(27)23-17-8-6-16(7-9-17)15(3)26/h6-11H,4-5,12-13H2,1-3H3,(H,23,27)/b11-10+. The van der Waals surface area contributed by atoms with E-state index in [1.54, 1.807) is 28.9 Å². The van der Waals surface area contributed by atoms with E-state index in [-0.39, 0.29) is 5.78 Å². The molecule has 1 amide bonds. The third-order valence-corrected chi connectivity index (χ3v) is 4.54. The topological polar surface area (TPSA) is 90.3 Å². The summed E-state index contributed by atoms with van der Waals surface area (Å²) >= 11 is 6.31. The number of aromatic nitrogens is 2. The van der Waals surface area contributed by atoms with Gasteiger partial charge in [-0.25, -0.2) is 4.79 Å². The lowest BCUT2D eigenvalue weighted by Gasteiger charge is -2.06. The lowest BCUT2D eigenvalue weighted by Crippen LogP contribution is -2.20. The number of carbonyl (C=O) groups excluding carboxylic acids is 3. The number of nitrogens with zero attached hydrogens (tertiary/aromatic N) is 2. The summed E-state index contributed by atoms with van der Waals surface area (Å²) < 4.78 is 6.65. The van der Waals surface area contributed by atoms with Gasteiger partial charge in [-0.3, -0.25) is 14.3 Å². The van der Waals surface area contributed by atoms with Crippen LogP contribution >= 0.6 is 11.6 Å². The second kappa shape index (κ2) is 10.6. The molecule has 1 heterocycles. The van der Waals surface area contributed by atoms with Crippen molar-refractivity contribution >= 4 is 41.0 Å². The Bertz CT molecular complexity index is 917. The maximum Gasteiger partial charge on any atom is 0.331 e. The van der Waals surface area contributed by atoms with E-state index < -0.39 is 18.5 Å². The highest BCUT2D eigenvalue weighted by atomic mass is 35.5. The number of aryl methyl sites for hydroxylation is 2. The van der Waals surface area contributed by atoms with Gasteiger partial charge in [0, 0.05) is 29.4 Å². The van der Waals surface area contributed by atoms with Gasteiger partial charge in [0.25, 0.3) is 5.91 Å². The van der Waals surface area contributed by atoms with Crippen molar-refractivity contribution in [1.29, 1.82) is 0 Å². The number of Topliss-reactive ketones (excluding diaryl/α,β-unsaturated/α-hetero) is 1. The first-order chi connectivity index (χ1) is 13.8. The Hall–Kier alpha value is -2.93. The predicted molar refractivity (Wildman–Crippen MR) is 112 cm³/mol. The van der Waals surface area contributed by atoms with Gasteiger partial charge in [0.15, 0.2) is 12.4 Å². The Kier molecular flexibility index (Phi) is 8.15. The van der Waals surface area contributed by atoms with Gasteiger partial charge in [-0.2, -0.15) is 5.10 Å². The molecule has 0 bridgehead atoms. The normalized spacial score (nSPS) is 10.9. The first kappa shape index (κ1) is 22.4. The number of unbranched alkanes of at least 4 members (excludes halogenated alkanes) is 1. The molecule has 0 saturated carbocycles. The van der Waals surface area contributed by atoms with E-state index in [1.807, 2.05) is 6.92 Å². The molecule has 1 N–H and O–H groups in total. The quantitative estimate of drug-likeness (QED) is 0.377. The molecular formula is C21H24ClN3O4. The lowest BCUT2D eigenvalue weighted by molar-refractivity contribution is -0.142. The molecule has 7 nitrogen and oxygen atoms in total. The highest BCUT2D eigenvalue weighted by Gasteiger charge is 2.12. The van der Waals surface area contributed by atoms with Crippen LogP contribution in [0.15, 0.2) is 30.3 Å². The van der Waals surface area contributed by atoms with E-state index in [4.69, 9.17) is 16.3 Å². The van der Waals surface area contributed by atoms with Crippen LogP contribution in [0.2, 0.25) is 5.15 Å². The number of ether oxygens (including phenoxy) is 1. The maximum absolute atomic E-state index is 11.9. The largest absolute Gasteiger partial charge is 0.452 e. The van der Waals surface area contributed by atoms with Gasteiger partial charge in [0.2, 0.25) is 0 Å². The summed E-state index contributed by atoms with van der Waals surface area (Å²) in [5.41, 5.74) is 2.41. The number of nitrogens with one attached hydrogen (secondary N) is 1. The van der Waals surface area contributed by atoms with Gasteiger partial charge in [-0.05, 0) is 50.6 Å². The summed E-state index contributed by atoms with van der Waals surface area (Å²) in [6, 6.07) is 6.44. The Balaban J connectivity index is 1.87. The zero-order valence-corrected chi connectivity index (χ0v) is 17.5. The van der Waals surface area contributed by atoms with E-state index in [0.717, 1.165) is 12.8 Å². The molecule has 0 spiro atoms. The molecule has 0 radical (unpaired) electrons. The fraction of sp³-hybridized carbons (Fsp3) is 0.333. The minimum absolute atomic E-state index is 0.0603. The van der Waals surface area contributed by atoms with Gasteiger partial charge in [0.1, 0.15) is 5.15 Å². The molecule has 0 aliphatic rings. The number of esters is 1. The van der Waals surface area contributed by atoms with Crippen molar-refractivity contribution < 1.29 is 19.1 Å². The number of amides is 1. The van der Waals surface area contributed by atoms with Crippen LogP contribution in [0.4, 0.5) is 5.69 Å². The SMILES string of the molecule is CCCCn1nc(C)c(/C=C/C(=O)OCC(=O)Nc2ccc(C(C)=O)cc2)c1Cl. The number of hydrogen-bond donors (Lipinski definition) is 1. The summed E-state index contributed by atoms with van der Waals surface area (Å²) in [5, 5.41) is 7.42. The van der Waals surface area contributed by atoms with Crippen molar-refractivity contribution in [3.05, 3.63) is 52.3 Å². The van der Waals surface area contributed by atoms with Crippen LogP contribution < -0.4 is 5.32 Å². The molecule has 0 atom stereocenters. The molecule has 1 aromatic carbocycles. The monoisotopic (exact) mass is 417 g/mol. The van der Waals surface area contributed by atoms with Crippen molar-refractivity contribution in [2.75, 3.05) is 11.9 Å². The molecule has 0 aliphatic carbocycles. The van der Waals surface area contributed by atoms with Gasteiger partial charge in [0.05, 0.1) is 5.69 Å². The molecule has 0 unspecified atom stereocenters. The lowest BCUT2D eigenvalue weighted by atomic mass is 10.1. The fourth-order valence-electron chi connectivity index (χ4n) is 2.53. The van der Waals surface area contributed by atoms with Crippen molar-refractivity contribution in [2.24, 2.45) is 0 Å². The minimum atomic E-state index is -0.663. The molecule has 0 aliphatic heterocycles. The molecule has 29 heavy (non-hydrogen) atoms. The van der Waals surface area contributed by atoms with Crippen LogP contribution in [0.25, 0.3) is 6.08 Å². The number of rotatable bonds is 9. The van der Waals surface area contributed by atoms with E-state index in [9.17, 15) is 14.4 Å². The van der Waals surface area contributed by atoms with Gasteiger partial charge >= 0.3 is 5.97 Å². The summed E-state index contributed by atoms with van der Waals surface area (Å²) in [4.78, 5) is 35.1. The molecule has 0 saturated heterocycles. The molecule has 2 rings (SSSR count). The Morgan fingerprint density at radius 2 is 1.93 bits per heavy atom. The second-order valence-electron chi connectivity index (χ2n) is 6.49. The summed E-state index contributed by atoms with van der Waals surface area (Å²) in [6.07, 6.45) is 4.73. The highest BCUT2D eigenvalue weighted by molar-refractivity contribution is 6.31. The highest BCUT2D eigenvalue weighted by Crippen LogP contribution is 2.21. The van der Waals surface area contributed by atoms with E-state index >= 15 is 0 Å². The fourth-order valence-corrected chi connectivity index (χ4v) is 2.86. The van der Waals surface area contributed by atoms with Gasteiger partial charge < -0.3 is 10.1 Å². The first-order valence-corrected chi connectivity index (χ1v) is 9.68. The second-order valence-corrected chi connectivity index (χ2v) is 6.85. The maximum atomic E-state index is 11.9. The number of ketones is 1. The first-order valence-electron chi connectivity index (χ1n) is 9.30. The Morgan fingerprint density at radius 1 is 1.24 bits per heavy atom. The van der Waals surface area contributed by atoms with Crippen molar-refractivity contribution in [3.63, 3.8) is 0 Å². The minimum Gasteiger partial charge on any atom is -0.452 e. The predicted octanol–water partition coefficient (Wildman–Crippen LogP) is 4.04. The molecular weight excluding hydrogens is 394 g/mol. The zero-order chi connectivity index (χ0) is 21.4. The van der Waals surface area contributed by atoms with Crippen LogP contribution in [0, 0.1) is 6.92 Å². The van der Waals surface area contributed by atoms with Crippen LogP contribution in [-0.4, -0.2) is 34.0 Å². The molecule has 1 aromatic heterocycles. The Morgan fingerprint density at radius 3 is 2.55 bits per heavy atom. The third kappa shape index (κ3) is 6.57. The summed E-state index contributed by atoms with van der Waals surface area (Å²) in [5.74, 6) is -1.21. The molecule has 8 heteroatoms. The van der Waals surface area contributed by atoms with Crippen molar-refractivity contribution in [2.45, 2.75) is 40.2 Å². The molecule has 2 aromatic rings. The van der Waals surface area contributed by atoms with Crippen LogP contribution in [-0.2, 0) is 20.9 Å². The molecule has 154 valence electrons. The van der Waals surface area contributed by atoms with E-state index in [0.29, 0.717) is 34.2 Å². The van der Waals surface area contributed by atoms with E-state index in [2.05, 4.69) is 17.3 Å². The number of hydrogen-bond acceptors (Lipinski definition) is 5. The van der Waals surface area contributed by atoms with E-state index in [1.165, 1.54) is 19.1 Å². The van der Waals surface area contributed by atoms with Crippen LogP contribution in [0.1, 0.15) is 48.3 Å². The average Bonchev–Trinajstić information content (AvgIpc) is 2.96. The number of anilines is 1. The number of carbonyl (C=O) groups is 3. The smallest absolute Gasteiger partial charge is 0.331 e. The number of halogens is 1. The summed E-state index contributed by atoms with van der Waals surface area (Å²) in [6.45, 7) is 5.64. The van der Waals surface area contributed by atoms with Crippen LogP contribution in [0.3, 0.4) is 0 Å². The third-order valence-electron chi connectivity index (χ3n) is 4.14. The van der Waals surface area contributed by atoms with Crippen molar-refractivity contribution in [3.8, 4) is 0 Å². The van der Waals surface area contributed by atoms with Gasteiger partial charge in [-0.1, -0.05) is 24.9 Å². The Labute approximate surface area is 174 Å². The molecule has 0 fully saturated rings. The average molecular weight is 418 g/mol.